The van der Waals surface area contributed by atoms with Crippen molar-refractivity contribution >= 4 is 27.8 Å². The molecule has 0 spiro atoms. The predicted octanol–water partition coefficient (Wildman–Crippen LogP) is 1.65. The molecular formula is C15H17N3O4S. The van der Waals surface area contributed by atoms with Crippen molar-refractivity contribution in [2.75, 3.05) is 6.26 Å². The van der Waals surface area contributed by atoms with Gasteiger partial charge in [-0.15, -0.1) is 0 Å². The van der Waals surface area contributed by atoms with Gasteiger partial charge in [0.05, 0.1) is 10.8 Å². The zero-order valence-electron chi connectivity index (χ0n) is 12.9. The number of pyridine rings is 1. The Morgan fingerprint density at radius 3 is 2.61 bits per heavy atom. The van der Waals surface area contributed by atoms with Gasteiger partial charge in [0.2, 0.25) is 5.16 Å². The quantitative estimate of drug-likeness (QED) is 0.856. The van der Waals surface area contributed by atoms with E-state index in [-0.39, 0.29) is 16.8 Å². The molecule has 0 saturated heterocycles. The Balaban J connectivity index is 2.43. The number of nitrogens with zero attached hydrogens (tertiary/aromatic N) is 3. The molecule has 0 amide bonds. The predicted molar refractivity (Wildman–Crippen MR) is 85.3 cm³/mol. The first-order chi connectivity index (χ1) is 10.9. The number of aromatic nitrogens is 3. The maximum Gasteiger partial charge on any atom is 0.341 e. The van der Waals surface area contributed by atoms with E-state index in [1.807, 2.05) is 0 Å². The van der Waals surface area contributed by atoms with Gasteiger partial charge in [-0.1, -0.05) is 12.8 Å². The van der Waals surface area contributed by atoms with Crippen molar-refractivity contribution < 1.29 is 14.1 Å². The molecule has 0 bridgehead atoms. The van der Waals surface area contributed by atoms with Gasteiger partial charge in [0.1, 0.15) is 11.2 Å². The second-order valence-electron chi connectivity index (χ2n) is 5.76. The van der Waals surface area contributed by atoms with Crippen LogP contribution in [0.2, 0.25) is 0 Å². The smallest absolute Gasteiger partial charge is 0.341 e. The summed E-state index contributed by atoms with van der Waals surface area (Å²) in [6, 6.07) is -0.0725. The fourth-order valence-corrected chi connectivity index (χ4v) is 3.62. The molecule has 1 aliphatic rings. The second kappa shape index (κ2) is 5.84. The number of carboxylic acid groups (broad SMARTS) is 1. The number of fused-ring (bicyclic) bond motifs is 1. The Hall–Kier alpha value is -2.09. The summed E-state index contributed by atoms with van der Waals surface area (Å²) in [5, 5.41) is 10.1. The van der Waals surface area contributed by atoms with E-state index in [9.17, 15) is 18.9 Å². The summed E-state index contributed by atoms with van der Waals surface area (Å²) in [6.45, 7) is 1.58. The van der Waals surface area contributed by atoms with Crippen molar-refractivity contribution in [2.24, 2.45) is 0 Å². The van der Waals surface area contributed by atoms with Crippen LogP contribution >= 0.6 is 0 Å². The lowest BCUT2D eigenvalue weighted by Gasteiger charge is -2.18. The minimum absolute atomic E-state index is 0.0725. The maximum absolute atomic E-state index is 12.8. The first kappa shape index (κ1) is 15.8. The molecule has 0 aromatic carbocycles. The summed E-state index contributed by atoms with van der Waals surface area (Å²) in [7, 11) is -1.38. The van der Waals surface area contributed by atoms with Gasteiger partial charge in [0, 0.05) is 23.9 Å². The van der Waals surface area contributed by atoms with Gasteiger partial charge in [-0.25, -0.2) is 14.8 Å². The van der Waals surface area contributed by atoms with E-state index in [4.69, 9.17) is 0 Å². The number of hydrogen-bond donors (Lipinski definition) is 1. The van der Waals surface area contributed by atoms with E-state index >= 15 is 0 Å². The summed E-state index contributed by atoms with van der Waals surface area (Å²) in [6.07, 6.45) is 6.54. The number of aryl methyl sites for hydroxylation is 1. The van der Waals surface area contributed by atoms with E-state index in [1.165, 1.54) is 17.0 Å². The normalized spacial score (nSPS) is 16.8. The van der Waals surface area contributed by atoms with Crippen LogP contribution in [-0.4, -0.2) is 36.1 Å². The third-order valence-electron chi connectivity index (χ3n) is 4.35. The summed E-state index contributed by atoms with van der Waals surface area (Å²) < 4.78 is 13.1. The zero-order chi connectivity index (χ0) is 16.7. The molecule has 8 heteroatoms. The third-order valence-corrected chi connectivity index (χ3v) is 5.06. The van der Waals surface area contributed by atoms with Gasteiger partial charge >= 0.3 is 5.97 Å². The van der Waals surface area contributed by atoms with E-state index < -0.39 is 22.3 Å². The highest BCUT2D eigenvalue weighted by Gasteiger charge is 2.26. The van der Waals surface area contributed by atoms with Crippen LogP contribution < -0.4 is 5.56 Å². The zero-order valence-corrected chi connectivity index (χ0v) is 13.7. The maximum atomic E-state index is 12.8. The van der Waals surface area contributed by atoms with Crippen molar-refractivity contribution in [3.8, 4) is 0 Å². The van der Waals surface area contributed by atoms with Crippen LogP contribution in [0.25, 0.3) is 11.0 Å². The lowest BCUT2D eigenvalue weighted by molar-refractivity contribution is 0.0693. The number of aromatic carboxylic acids is 1. The standard InChI is InChI=1S/C15H17N3O4S/c1-8-10-7-16-15(23(2)22)17-12(10)18(9-5-3-4-6-9)13(19)11(8)14(20)21/h7,9H,3-6H2,1-2H3,(H,20,21). The third kappa shape index (κ3) is 2.56. The van der Waals surface area contributed by atoms with E-state index in [1.54, 1.807) is 6.92 Å². The van der Waals surface area contributed by atoms with Gasteiger partial charge in [-0.05, 0) is 25.3 Å². The average Bonchev–Trinajstić information content (AvgIpc) is 3.00. The van der Waals surface area contributed by atoms with E-state index in [0.29, 0.717) is 16.6 Å². The number of carbonyl (C=O) groups is 1. The van der Waals surface area contributed by atoms with Crippen molar-refractivity contribution in [3.63, 3.8) is 0 Å². The van der Waals surface area contributed by atoms with E-state index in [2.05, 4.69) is 9.97 Å². The number of carboxylic acids is 1. The largest absolute Gasteiger partial charge is 0.477 e. The molecule has 3 rings (SSSR count). The van der Waals surface area contributed by atoms with Gasteiger partial charge in [-0.3, -0.25) is 13.6 Å². The Morgan fingerprint density at radius 2 is 2.04 bits per heavy atom. The highest BCUT2D eigenvalue weighted by molar-refractivity contribution is 7.84. The van der Waals surface area contributed by atoms with Crippen LogP contribution in [0, 0.1) is 6.92 Å². The molecule has 1 unspecified atom stereocenters. The fourth-order valence-electron chi connectivity index (χ4n) is 3.21. The lowest BCUT2D eigenvalue weighted by Crippen LogP contribution is -2.31. The molecule has 1 saturated carbocycles. The molecule has 2 aromatic rings. The first-order valence-electron chi connectivity index (χ1n) is 7.40. The topological polar surface area (TPSA) is 102 Å². The molecule has 0 aliphatic heterocycles. The van der Waals surface area contributed by atoms with Crippen molar-refractivity contribution in [2.45, 2.75) is 43.8 Å². The summed E-state index contributed by atoms with van der Waals surface area (Å²) >= 11 is 0. The minimum Gasteiger partial charge on any atom is -0.477 e. The Kier molecular flexibility index (Phi) is 4.01. The molecule has 2 aromatic heterocycles. The van der Waals surface area contributed by atoms with Crippen LogP contribution in [0.4, 0.5) is 0 Å². The monoisotopic (exact) mass is 335 g/mol. The lowest BCUT2D eigenvalue weighted by atomic mass is 10.1. The average molecular weight is 335 g/mol. The Bertz CT molecular complexity index is 884. The SMILES string of the molecule is Cc1c(C(=O)O)c(=O)n(C2CCCC2)c2nc(S(C)=O)ncc12. The molecule has 1 N–H and O–H groups in total. The van der Waals surface area contributed by atoms with Gasteiger partial charge in [0.25, 0.3) is 5.56 Å². The van der Waals surface area contributed by atoms with Crippen LogP contribution in [0.3, 0.4) is 0 Å². The fraction of sp³-hybridized carbons (Fsp3) is 0.467. The van der Waals surface area contributed by atoms with Crippen LogP contribution in [0.15, 0.2) is 16.1 Å². The van der Waals surface area contributed by atoms with Crippen LogP contribution in [0.1, 0.15) is 47.6 Å². The first-order valence-corrected chi connectivity index (χ1v) is 8.96. The number of hydrogen-bond acceptors (Lipinski definition) is 5. The summed E-state index contributed by atoms with van der Waals surface area (Å²) in [5.74, 6) is -1.25. The van der Waals surface area contributed by atoms with Crippen molar-refractivity contribution in [1.29, 1.82) is 0 Å². The van der Waals surface area contributed by atoms with E-state index in [0.717, 1.165) is 25.7 Å². The molecule has 23 heavy (non-hydrogen) atoms. The van der Waals surface area contributed by atoms with Crippen molar-refractivity contribution in [3.05, 3.63) is 27.7 Å². The molecule has 1 aliphatic carbocycles. The van der Waals surface area contributed by atoms with Crippen LogP contribution in [-0.2, 0) is 10.8 Å². The second-order valence-corrected chi connectivity index (χ2v) is 7.04. The number of rotatable bonds is 3. The molecule has 7 nitrogen and oxygen atoms in total. The molecule has 2 heterocycles. The molecular weight excluding hydrogens is 318 g/mol. The van der Waals surface area contributed by atoms with Gasteiger partial charge < -0.3 is 5.11 Å². The Labute approximate surface area is 134 Å². The molecule has 1 atom stereocenters. The molecule has 0 radical (unpaired) electrons. The van der Waals surface area contributed by atoms with Gasteiger partial charge in [-0.2, -0.15) is 0 Å². The summed E-state index contributed by atoms with van der Waals surface area (Å²) in [5.41, 5.74) is -0.0518. The molecule has 1 fully saturated rings. The van der Waals surface area contributed by atoms with Gasteiger partial charge in [0.15, 0.2) is 0 Å². The van der Waals surface area contributed by atoms with Crippen LogP contribution in [0.5, 0.6) is 0 Å². The summed E-state index contributed by atoms with van der Waals surface area (Å²) in [4.78, 5) is 32.6. The Morgan fingerprint density at radius 1 is 1.39 bits per heavy atom. The van der Waals surface area contributed by atoms with Crippen molar-refractivity contribution in [1.82, 2.24) is 14.5 Å². The minimum atomic E-state index is -1.38. The molecule has 122 valence electrons. The highest BCUT2D eigenvalue weighted by Crippen LogP contribution is 2.31. The highest BCUT2D eigenvalue weighted by atomic mass is 32.2.